The Morgan fingerprint density at radius 3 is 1.64 bits per heavy atom. The molecule has 0 saturated carbocycles. The smallest absolute Gasteiger partial charge is 0.322 e. The van der Waals surface area contributed by atoms with Gasteiger partial charge in [-0.1, -0.05) is 72.8 Å². The maximum atomic E-state index is 13.5. The van der Waals surface area contributed by atoms with Crippen LogP contribution in [0.3, 0.4) is 0 Å². The molecule has 39 heavy (non-hydrogen) atoms. The summed E-state index contributed by atoms with van der Waals surface area (Å²) >= 11 is 0. The first-order valence-corrected chi connectivity index (χ1v) is 12.4. The first kappa shape index (κ1) is 28.9. The van der Waals surface area contributed by atoms with Gasteiger partial charge in [-0.05, 0) is 35.2 Å². The third-order valence-electron chi connectivity index (χ3n) is 5.97. The van der Waals surface area contributed by atoms with Crippen molar-refractivity contribution in [3.63, 3.8) is 0 Å². The van der Waals surface area contributed by atoms with E-state index in [1.807, 2.05) is 36.4 Å². The Morgan fingerprint density at radius 1 is 0.641 bits per heavy atom. The highest BCUT2D eigenvalue weighted by atomic mass is 16.4. The summed E-state index contributed by atoms with van der Waals surface area (Å²) in [5.74, 6) is -3.04. The Bertz CT molecular complexity index is 1250. The first-order valence-electron chi connectivity index (χ1n) is 12.4. The molecular weight excluding hydrogens is 500 g/mol. The predicted octanol–water partition coefficient (Wildman–Crippen LogP) is 0.918. The van der Waals surface area contributed by atoms with Crippen LogP contribution >= 0.6 is 0 Å². The summed E-state index contributed by atoms with van der Waals surface area (Å²) in [6.45, 7) is -0.609. The highest BCUT2D eigenvalue weighted by molar-refractivity contribution is 5.94. The average Bonchev–Trinajstić information content (AvgIpc) is 2.93. The Hall–Kier alpha value is -4.70. The highest BCUT2D eigenvalue weighted by Gasteiger charge is 2.29. The lowest BCUT2D eigenvalue weighted by atomic mass is 10.0. The number of nitrogens with two attached hydrogens (primary N) is 1. The molecule has 10 heteroatoms. The predicted molar refractivity (Wildman–Crippen MR) is 145 cm³/mol. The second kappa shape index (κ2) is 14.3. The number of carboxylic acids is 1. The van der Waals surface area contributed by atoms with Crippen LogP contribution in [0.5, 0.6) is 5.75 Å². The molecule has 0 aliphatic rings. The van der Waals surface area contributed by atoms with Crippen LogP contribution in [0.25, 0.3) is 0 Å². The van der Waals surface area contributed by atoms with Gasteiger partial charge >= 0.3 is 5.97 Å². The molecule has 3 unspecified atom stereocenters. The number of amides is 3. The zero-order valence-electron chi connectivity index (χ0n) is 21.2. The fourth-order valence-electron chi connectivity index (χ4n) is 3.93. The molecule has 3 rings (SSSR count). The van der Waals surface area contributed by atoms with Crippen molar-refractivity contribution in [3.8, 4) is 5.75 Å². The standard InChI is InChI=1S/C29H32N4O6/c30-23(15-19-7-3-1-4-8-19)27(37)32-25(17-21-11-13-22(34)14-12-21)29(39)33-24(28(38)31-18-26(35)36)16-20-9-5-2-6-10-20/h1-14,23-25,34H,15-18,30H2,(H,31,38)(H,32,37)(H,33,39)(H,35,36). The van der Waals surface area contributed by atoms with Crippen molar-refractivity contribution < 1.29 is 29.4 Å². The minimum absolute atomic E-state index is 0.0479. The number of rotatable bonds is 13. The number of hydrogen-bond donors (Lipinski definition) is 6. The van der Waals surface area contributed by atoms with E-state index >= 15 is 0 Å². The largest absolute Gasteiger partial charge is 0.508 e. The molecule has 0 aromatic heterocycles. The third kappa shape index (κ3) is 9.60. The van der Waals surface area contributed by atoms with E-state index in [9.17, 15) is 24.3 Å². The van der Waals surface area contributed by atoms with Gasteiger partial charge in [-0.15, -0.1) is 0 Å². The number of hydrogen-bond acceptors (Lipinski definition) is 6. The molecule has 3 amide bonds. The molecule has 10 nitrogen and oxygen atoms in total. The highest BCUT2D eigenvalue weighted by Crippen LogP contribution is 2.12. The van der Waals surface area contributed by atoms with Crippen molar-refractivity contribution in [1.82, 2.24) is 16.0 Å². The lowest BCUT2D eigenvalue weighted by Gasteiger charge is -2.24. The summed E-state index contributed by atoms with van der Waals surface area (Å²) in [5.41, 5.74) is 8.39. The van der Waals surface area contributed by atoms with E-state index in [1.165, 1.54) is 12.1 Å². The quantitative estimate of drug-likeness (QED) is 0.190. The number of phenols is 1. The number of carbonyl (C=O) groups excluding carboxylic acids is 3. The van der Waals surface area contributed by atoms with Crippen LogP contribution in [-0.4, -0.2) is 58.6 Å². The van der Waals surface area contributed by atoms with Crippen LogP contribution in [0.2, 0.25) is 0 Å². The first-order chi connectivity index (χ1) is 18.7. The van der Waals surface area contributed by atoms with Crippen molar-refractivity contribution in [2.45, 2.75) is 37.4 Å². The van der Waals surface area contributed by atoms with Gasteiger partial charge in [0.2, 0.25) is 17.7 Å². The summed E-state index contributed by atoms with van der Waals surface area (Å²) < 4.78 is 0. The second-order valence-corrected chi connectivity index (χ2v) is 9.09. The minimum Gasteiger partial charge on any atom is -0.508 e. The number of phenolic OH excluding ortho intramolecular Hbond substituents is 1. The van der Waals surface area contributed by atoms with E-state index in [4.69, 9.17) is 10.8 Å². The summed E-state index contributed by atoms with van der Waals surface area (Å²) in [7, 11) is 0. The Kier molecular flexibility index (Phi) is 10.6. The Balaban J connectivity index is 1.79. The van der Waals surface area contributed by atoms with Crippen molar-refractivity contribution in [1.29, 1.82) is 0 Å². The average molecular weight is 533 g/mol. The number of carbonyl (C=O) groups is 4. The molecular formula is C29H32N4O6. The van der Waals surface area contributed by atoms with Crippen LogP contribution in [0.4, 0.5) is 0 Å². The topological polar surface area (TPSA) is 171 Å². The van der Waals surface area contributed by atoms with Gasteiger partial charge in [-0.25, -0.2) is 0 Å². The lowest BCUT2D eigenvalue weighted by Crippen LogP contribution is -2.57. The third-order valence-corrected chi connectivity index (χ3v) is 5.97. The van der Waals surface area contributed by atoms with E-state index in [2.05, 4.69) is 16.0 Å². The molecule has 3 atom stereocenters. The Morgan fingerprint density at radius 2 is 1.10 bits per heavy atom. The Labute approximate surface area is 226 Å². The molecule has 0 spiro atoms. The molecule has 0 aliphatic carbocycles. The fraction of sp³-hybridized carbons (Fsp3) is 0.241. The zero-order chi connectivity index (χ0) is 28.2. The summed E-state index contributed by atoms with van der Waals surface area (Å²) in [6, 6.07) is 21.2. The molecule has 3 aromatic rings. The van der Waals surface area contributed by atoms with Crippen LogP contribution < -0.4 is 21.7 Å². The zero-order valence-corrected chi connectivity index (χ0v) is 21.2. The SMILES string of the molecule is NC(Cc1ccccc1)C(=O)NC(Cc1ccc(O)cc1)C(=O)NC(Cc1ccccc1)C(=O)NCC(=O)O. The maximum absolute atomic E-state index is 13.5. The monoisotopic (exact) mass is 532 g/mol. The van der Waals surface area contributed by atoms with E-state index in [0.717, 1.165) is 11.1 Å². The molecule has 204 valence electrons. The van der Waals surface area contributed by atoms with Gasteiger partial charge in [-0.3, -0.25) is 19.2 Å². The van der Waals surface area contributed by atoms with Gasteiger partial charge in [-0.2, -0.15) is 0 Å². The van der Waals surface area contributed by atoms with Crippen molar-refractivity contribution in [2.24, 2.45) is 5.73 Å². The summed E-state index contributed by atoms with van der Waals surface area (Å²) in [5, 5.41) is 26.2. The number of aliphatic carboxylic acids is 1. The molecule has 0 heterocycles. The minimum atomic E-state index is -1.22. The van der Waals surface area contributed by atoms with Gasteiger partial charge in [0, 0.05) is 12.8 Å². The summed E-state index contributed by atoms with van der Waals surface area (Å²) in [4.78, 5) is 50.3. The van der Waals surface area contributed by atoms with Crippen LogP contribution in [-0.2, 0) is 38.4 Å². The van der Waals surface area contributed by atoms with Crippen LogP contribution in [0.15, 0.2) is 84.9 Å². The molecule has 0 aliphatic heterocycles. The molecule has 0 saturated heterocycles. The molecule has 3 aromatic carbocycles. The number of nitrogens with one attached hydrogen (secondary N) is 3. The number of carboxylic acid groups (broad SMARTS) is 1. The van der Waals surface area contributed by atoms with Crippen LogP contribution in [0, 0.1) is 0 Å². The lowest BCUT2D eigenvalue weighted by molar-refractivity contribution is -0.138. The number of benzene rings is 3. The van der Waals surface area contributed by atoms with E-state index < -0.39 is 48.4 Å². The van der Waals surface area contributed by atoms with Gasteiger partial charge < -0.3 is 31.9 Å². The number of aromatic hydroxyl groups is 1. The molecule has 0 bridgehead atoms. The van der Waals surface area contributed by atoms with Crippen molar-refractivity contribution >= 4 is 23.7 Å². The molecule has 0 fully saturated rings. The second-order valence-electron chi connectivity index (χ2n) is 9.09. The van der Waals surface area contributed by atoms with Gasteiger partial charge in [0.15, 0.2) is 0 Å². The molecule has 0 radical (unpaired) electrons. The van der Waals surface area contributed by atoms with Crippen molar-refractivity contribution in [3.05, 3.63) is 102 Å². The summed E-state index contributed by atoms with van der Waals surface area (Å²) in [6.07, 6.45) is 0.421. The normalized spacial score (nSPS) is 12.9. The van der Waals surface area contributed by atoms with Crippen LogP contribution in [0.1, 0.15) is 16.7 Å². The van der Waals surface area contributed by atoms with E-state index in [-0.39, 0.29) is 25.0 Å². The molecule has 7 N–H and O–H groups in total. The van der Waals surface area contributed by atoms with Gasteiger partial charge in [0.05, 0.1) is 6.04 Å². The van der Waals surface area contributed by atoms with Gasteiger partial charge in [0.1, 0.15) is 24.4 Å². The maximum Gasteiger partial charge on any atom is 0.322 e. The van der Waals surface area contributed by atoms with E-state index in [0.29, 0.717) is 5.56 Å². The fourth-order valence-corrected chi connectivity index (χ4v) is 3.93. The van der Waals surface area contributed by atoms with E-state index in [1.54, 1.807) is 36.4 Å². The van der Waals surface area contributed by atoms with Crippen molar-refractivity contribution in [2.75, 3.05) is 6.54 Å². The van der Waals surface area contributed by atoms with Gasteiger partial charge in [0.25, 0.3) is 0 Å².